The second-order valence-electron chi connectivity index (χ2n) is 14.3. The van der Waals surface area contributed by atoms with Crippen molar-refractivity contribution < 1.29 is 46.5 Å². The lowest BCUT2D eigenvalue weighted by atomic mass is 9.85. The molecule has 0 radical (unpaired) electrons. The molecule has 0 spiro atoms. The molecule has 0 N–H and O–H groups in total. The van der Waals surface area contributed by atoms with E-state index in [1.807, 2.05) is 0 Å². The lowest BCUT2D eigenvalue weighted by molar-refractivity contribution is -0.280. The molecule has 11 heteroatoms. The second kappa shape index (κ2) is 20.3. The number of benzene rings is 1. The number of carbonyl (C=O) groups is 3. The lowest BCUT2D eigenvalue weighted by Crippen LogP contribution is -2.65. The van der Waals surface area contributed by atoms with Gasteiger partial charge in [0.15, 0.2) is 0 Å². The van der Waals surface area contributed by atoms with Crippen molar-refractivity contribution >= 4 is 18.3 Å². The van der Waals surface area contributed by atoms with Crippen molar-refractivity contribution in [1.82, 2.24) is 4.90 Å². The Kier molecular flexibility index (Phi) is 17.6. The van der Waals surface area contributed by atoms with Crippen molar-refractivity contribution in [2.75, 3.05) is 20.8 Å². The minimum absolute atomic E-state index is 0.00387. The number of carbonyl (C=O) groups excluding carboxylic acids is 3. The van der Waals surface area contributed by atoms with E-state index in [1.165, 1.54) is 76.0 Å². The standard InChI is InChI=1S/C38H60F3NO7/c1-7-8-9-10-11-12-13-14-15-16-17-18-19-20-24-27-31(36(33(44)46-5)28-48-32(35(2,3)4)42(36)29-43)49-34(45)37(47-6,38(39,40)41)30-25-22-21-23-26-30/h21-23,25-26,29,31-32H,7-20,24,27-28H2,1-6H3/t31-,32+,36+,37-/m1/s1. The molecular formula is C38H60F3NO7. The van der Waals surface area contributed by atoms with Crippen LogP contribution in [0.3, 0.4) is 0 Å². The predicted molar refractivity (Wildman–Crippen MR) is 182 cm³/mol. The highest BCUT2D eigenvalue weighted by atomic mass is 19.4. The number of hydrogen-bond donors (Lipinski definition) is 0. The molecular weight excluding hydrogens is 639 g/mol. The number of esters is 2. The van der Waals surface area contributed by atoms with Crippen molar-refractivity contribution in [2.45, 2.75) is 160 Å². The topological polar surface area (TPSA) is 91.4 Å². The van der Waals surface area contributed by atoms with Gasteiger partial charge in [-0.15, -0.1) is 0 Å². The van der Waals surface area contributed by atoms with E-state index < -0.39 is 59.2 Å². The molecule has 1 heterocycles. The molecule has 8 nitrogen and oxygen atoms in total. The van der Waals surface area contributed by atoms with Crippen LogP contribution in [0.1, 0.15) is 136 Å². The number of rotatable bonds is 23. The maximum atomic E-state index is 14.8. The molecule has 1 aliphatic rings. The maximum Gasteiger partial charge on any atom is 0.432 e. The van der Waals surface area contributed by atoms with E-state index in [4.69, 9.17) is 18.9 Å². The van der Waals surface area contributed by atoms with E-state index in [0.717, 1.165) is 56.9 Å². The average molecular weight is 700 g/mol. The average Bonchev–Trinajstić information content (AvgIpc) is 3.47. The Morgan fingerprint density at radius 2 is 1.37 bits per heavy atom. The Labute approximate surface area is 291 Å². The third kappa shape index (κ3) is 10.9. The summed E-state index contributed by atoms with van der Waals surface area (Å²) in [7, 11) is 1.90. The van der Waals surface area contributed by atoms with E-state index >= 15 is 0 Å². The first-order valence-corrected chi connectivity index (χ1v) is 18.1. The molecule has 1 amide bonds. The zero-order valence-corrected chi connectivity index (χ0v) is 30.6. The quantitative estimate of drug-likeness (QED) is 0.0640. The summed E-state index contributed by atoms with van der Waals surface area (Å²) in [4.78, 5) is 41.2. The Hall–Kier alpha value is -2.66. The van der Waals surface area contributed by atoms with Gasteiger partial charge in [-0.3, -0.25) is 9.69 Å². The predicted octanol–water partition coefficient (Wildman–Crippen LogP) is 9.04. The number of amides is 1. The van der Waals surface area contributed by atoms with Crippen LogP contribution in [0.25, 0.3) is 0 Å². The van der Waals surface area contributed by atoms with Crippen LogP contribution < -0.4 is 0 Å². The number of unbranched alkanes of at least 4 members (excludes halogenated alkanes) is 14. The van der Waals surface area contributed by atoms with E-state index in [1.54, 1.807) is 20.8 Å². The Bertz CT molecular complexity index is 1130. The van der Waals surface area contributed by atoms with E-state index in [9.17, 15) is 27.6 Å². The Morgan fingerprint density at radius 1 is 0.878 bits per heavy atom. The Morgan fingerprint density at radius 3 is 1.78 bits per heavy atom. The fourth-order valence-corrected chi connectivity index (χ4v) is 6.81. The van der Waals surface area contributed by atoms with Gasteiger partial charge >= 0.3 is 18.1 Å². The third-order valence-electron chi connectivity index (χ3n) is 9.59. The third-order valence-corrected chi connectivity index (χ3v) is 9.59. The Balaban J connectivity index is 2.20. The van der Waals surface area contributed by atoms with Gasteiger partial charge in [-0.1, -0.05) is 148 Å². The van der Waals surface area contributed by atoms with Crippen LogP contribution in [0.5, 0.6) is 0 Å². The van der Waals surface area contributed by atoms with Gasteiger partial charge in [-0.25, -0.2) is 9.59 Å². The molecule has 0 bridgehead atoms. The molecule has 1 aromatic carbocycles. The highest BCUT2D eigenvalue weighted by Crippen LogP contribution is 2.46. The SMILES string of the molecule is CCCCCCCCCCCCCCCCC[C@@H](OC(=O)[C@](OC)(c1ccccc1)C(F)(F)F)[C@]1(C(=O)OC)CO[C@@H](C(C)(C)C)N1C=O. The molecule has 1 saturated heterocycles. The number of ether oxygens (including phenoxy) is 4. The first-order valence-electron chi connectivity index (χ1n) is 18.1. The summed E-state index contributed by atoms with van der Waals surface area (Å²) in [6, 6.07) is 6.49. The van der Waals surface area contributed by atoms with Crippen LogP contribution in [0.15, 0.2) is 30.3 Å². The van der Waals surface area contributed by atoms with Gasteiger partial charge in [0.2, 0.25) is 11.9 Å². The van der Waals surface area contributed by atoms with Gasteiger partial charge in [0.25, 0.3) is 5.60 Å². The number of nitrogens with zero attached hydrogens (tertiary/aromatic N) is 1. The van der Waals surface area contributed by atoms with Gasteiger partial charge in [0.05, 0.1) is 13.7 Å². The van der Waals surface area contributed by atoms with Crippen molar-refractivity contribution in [1.29, 1.82) is 0 Å². The molecule has 0 aliphatic carbocycles. The van der Waals surface area contributed by atoms with Crippen LogP contribution in [-0.4, -0.2) is 68.1 Å². The summed E-state index contributed by atoms with van der Waals surface area (Å²) in [6.45, 7) is 7.20. The van der Waals surface area contributed by atoms with Crippen LogP contribution in [-0.2, 0) is 38.9 Å². The van der Waals surface area contributed by atoms with Gasteiger partial charge in [-0.05, 0) is 12.8 Å². The van der Waals surface area contributed by atoms with Crippen LogP contribution in [0.4, 0.5) is 13.2 Å². The first kappa shape index (κ1) is 42.5. The molecule has 4 atom stereocenters. The summed E-state index contributed by atoms with van der Waals surface area (Å²) in [6.07, 6.45) is 9.53. The monoisotopic (exact) mass is 699 g/mol. The lowest BCUT2D eigenvalue weighted by Gasteiger charge is -2.43. The molecule has 0 saturated carbocycles. The largest absolute Gasteiger partial charge is 0.467 e. The van der Waals surface area contributed by atoms with Crippen LogP contribution in [0.2, 0.25) is 0 Å². The zero-order valence-electron chi connectivity index (χ0n) is 30.6. The number of methoxy groups -OCH3 is 2. The molecule has 1 aromatic rings. The summed E-state index contributed by atoms with van der Waals surface area (Å²) in [5.74, 6) is -2.69. The smallest absolute Gasteiger partial charge is 0.432 e. The normalized spacial score (nSPS) is 20.1. The molecule has 1 aliphatic heterocycles. The molecule has 280 valence electrons. The molecule has 49 heavy (non-hydrogen) atoms. The van der Waals surface area contributed by atoms with Crippen molar-refractivity contribution in [3.63, 3.8) is 0 Å². The molecule has 0 aromatic heterocycles. The highest BCUT2D eigenvalue weighted by molar-refractivity contribution is 5.87. The first-order chi connectivity index (χ1) is 23.3. The molecule has 0 unspecified atom stereocenters. The van der Waals surface area contributed by atoms with E-state index in [0.29, 0.717) is 19.3 Å². The number of alkyl halides is 3. The van der Waals surface area contributed by atoms with Gasteiger partial charge < -0.3 is 18.9 Å². The van der Waals surface area contributed by atoms with Crippen LogP contribution >= 0.6 is 0 Å². The van der Waals surface area contributed by atoms with Crippen LogP contribution in [0, 0.1) is 5.41 Å². The maximum absolute atomic E-state index is 14.8. The van der Waals surface area contributed by atoms with Crippen molar-refractivity contribution in [3.05, 3.63) is 35.9 Å². The van der Waals surface area contributed by atoms with Gasteiger partial charge in [-0.2, -0.15) is 13.2 Å². The highest BCUT2D eigenvalue weighted by Gasteiger charge is 2.67. The number of hydrogen-bond acceptors (Lipinski definition) is 7. The van der Waals surface area contributed by atoms with Gasteiger partial charge in [0, 0.05) is 18.1 Å². The molecule has 2 rings (SSSR count). The fraction of sp³-hybridized carbons (Fsp3) is 0.763. The van der Waals surface area contributed by atoms with Crippen molar-refractivity contribution in [3.8, 4) is 0 Å². The molecule has 1 fully saturated rings. The summed E-state index contributed by atoms with van der Waals surface area (Å²) in [5, 5.41) is 0. The van der Waals surface area contributed by atoms with E-state index in [-0.39, 0.29) is 6.42 Å². The van der Waals surface area contributed by atoms with Gasteiger partial charge in [0.1, 0.15) is 12.3 Å². The number of halogens is 3. The minimum atomic E-state index is -5.22. The fourth-order valence-electron chi connectivity index (χ4n) is 6.81. The minimum Gasteiger partial charge on any atom is -0.467 e. The van der Waals surface area contributed by atoms with E-state index in [2.05, 4.69) is 6.92 Å². The van der Waals surface area contributed by atoms with Crippen molar-refractivity contribution in [2.24, 2.45) is 5.41 Å². The summed E-state index contributed by atoms with van der Waals surface area (Å²) < 4.78 is 66.2. The summed E-state index contributed by atoms with van der Waals surface area (Å²) in [5.41, 5.74) is -6.66. The summed E-state index contributed by atoms with van der Waals surface area (Å²) >= 11 is 0. The second-order valence-corrected chi connectivity index (χ2v) is 14.3. The zero-order chi connectivity index (χ0) is 36.6.